The summed E-state index contributed by atoms with van der Waals surface area (Å²) in [6.07, 6.45) is 5.70. The van der Waals surface area contributed by atoms with Gasteiger partial charge in [0.25, 0.3) is 5.91 Å². The van der Waals surface area contributed by atoms with Gasteiger partial charge in [-0.05, 0) is 63.9 Å². The molecule has 1 aliphatic heterocycles. The zero-order chi connectivity index (χ0) is 18.8. The van der Waals surface area contributed by atoms with Crippen LogP contribution >= 0.6 is 11.3 Å². The Morgan fingerprint density at radius 1 is 1.22 bits per heavy atom. The van der Waals surface area contributed by atoms with Gasteiger partial charge in [0.15, 0.2) is 10.9 Å². The Morgan fingerprint density at radius 3 is 2.70 bits per heavy atom. The lowest BCUT2D eigenvalue weighted by atomic mass is 9.97. The van der Waals surface area contributed by atoms with Crippen molar-refractivity contribution in [2.45, 2.75) is 32.6 Å². The highest BCUT2D eigenvalue weighted by molar-refractivity contribution is 7.15. The first kappa shape index (κ1) is 17.8. The normalized spacial score (nSPS) is 15.0. The smallest absolute Gasteiger partial charge is 0.259 e. The van der Waals surface area contributed by atoms with Gasteiger partial charge in [0.2, 0.25) is 0 Å². The molecule has 4 rings (SSSR count). The van der Waals surface area contributed by atoms with E-state index in [-0.39, 0.29) is 5.91 Å². The molecule has 1 fully saturated rings. The van der Waals surface area contributed by atoms with Gasteiger partial charge in [-0.15, -0.1) is 11.3 Å². The molecular formula is C19H22N6OS. The van der Waals surface area contributed by atoms with Crippen molar-refractivity contribution in [2.75, 3.05) is 18.4 Å². The summed E-state index contributed by atoms with van der Waals surface area (Å²) >= 11 is 1.56. The zero-order valence-corrected chi connectivity index (χ0v) is 16.2. The minimum Gasteiger partial charge on any atom is -0.317 e. The summed E-state index contributed by atoms with van der Waals surface area (Å²) < 4.78 is 1.77. The Labute approximate surface area is 161 Å². The van der Waals surface area contributed by atoms with E-state index in [2.05, 4.69) is 25.7 Å². The monoisotopic (exact) mass is 382 g/mol. The van der Waals surface area contributed by atoms with E-state index in [1.54, 1.807) is 34.3 Å². The van der Waals surface area contributed by atoms with Gasteiger partial charge in [0.05, 0.1) is 11.3 Å². The molecule has 0 atom stereocenters. The fourth-order valence-electron chi connectivity index (χ4n) is 3.32. The highest BCUT2D eigenvalue weighted by atomic mass is 32.1. The van der Waals surface area contributed by atoms with Gasteiger partial charge < -0.3 is 5.32 Å². The van der Waals surface area contributed by atoms with Crippen LogP contribution in [0.5, 0.6) is 0 Å². The third-order valence-electron chi connectivity index (χ3n) is 4.72. The van der Waals surface area contributed by atoms with Crippen molar-refractivity contribution in [3.63, 3.8) is 0 Å². The van der Waals surface area contributed by atoms with Crippen LogP contribution in [0, 0.1) is 13.8 Å². The molecule has 0 spiro atoms. The second kappa shape index (κ2) is 7.58. The minimum atomic E-state index is -0.200. The molecule has 0 unspecified atom stereocenters. The molecule has 140 valence electrons. The topological polar surface area (TPSA) is 84.7 Å². The van der Waals surface area contributed by atoms with Crippen molar-refractivity contribution in [1.29, 1.82) is 0 Å². The highest BCUT2D eigenvalue weighted by Gasteiger charge is 2.18. The van der Waals surface area contributed by atoms with E-state index < -0.39 is 0 Å². The number of pyridine rings is 1. The first-order valence-corrected chi connectivity index (χ1v) is 9.89. The lowest BCUT2D eigenvalue weighted by molar-refractivity contribution is 0.102. The number of carbonyl (C=O) groups excluding carboxylic acids is 1. The van der Waals surface area contributed by atoms with Gasteiger partial charge in [-0.25, -0.2) is 14.6 Å². The summed E-state index contributed by atoms with van der Waals surface area (Å²) in [5, 5.41) is 11.3. The molecule has 27 heavy (non-hydrogen) atoms. The number of aryl methyl sites for hydroxylation is 2. The lowest BCUT2D eigenvalue weighted by Crippen LogP contribution is -2.26. The summed E-state index contributed by atoms with van der Waals surface area (Å²) in [4.78, 5) is 22.5. The van der Waals surface area contributed by atoms with Crippen molar-refractivity contribution < 1.29 is 4.79 Å². The molecular weight excluding hydrogens is 360 g/mol. The summed E-state index contributed by atoms with van der Waals surface area (Å²) in [6, 6.07) is 5.55. The number of piperidine rings is 1. The number of hydrogen-bond acceptors (Lipinski definition) is 6. The Balaban J connectivity index is 1.44. The van der Waals surface area contributed by atoms with Crippen molar-refractivity contribution in [3.05, 3.63) is 52.4 Å². The maximum Gasteiger partial charge on any atom is 0.259 e. The average molecular weight is 382 g/mol. The molecule has 0 radical (unpaired) electrons. The molecule has 4 heterocycles. The zero-order valence-electron chi connectivity index (χ0n) is 15.4. The quantitative estimate of drug-likeness (QED) is 0.724. The SMILES string of the molecule is Cc1cc(C)n(-c2ccc(C(=O)Nc3ncc(C4CCNCC4)s3)cn2)n1. The molecule has 3 aromatic rings. The van der Waals surface area contributed by atoms with Crippen LogP contribution in [0.25, 0.3) is 5.82 Å². The molecule has 1 amide bonds. The fraction of sp³-hybridized carbons (Fsp3) is 0.368. The van der Waals surface area contributed by atoms with Crippen LogP contribution in [0.15, 0.2) is 30.6 Å². The third-order valence-corrected chi connectivity index (χ3v) is 5.80. The number of nitrogens with one attached hydrogen (secondary N) is 2. The second-order valence-corrected chi connectivity index (χ2v) is 7.85. The highest BCUT2D eigenvalue weighted by Crippen LogP contribution is 2.31. The second-order valence-electron chi connectivity index (χ2n) is 6.79. The molecule has 0 saturated carbocycles. The van der Waals surface area contributed by atoms with E-state index in [0.717, 1.165) is 37.3 Å². The molecule has 0 aromatic carbocycles. The van der Waals surface area contributed by atoms with Crippen LogP contribution in [0.1, 0.15) is 45.4 Å². The van der Waals surface area contributed by atoms with Crippen LogP contribution < -0.4 is 10.6 Å². The molecule has 3 aromatic heterocycles. The third kappa shape index (κ3) is 3.91. The van der Waals surface area contributed by atoms with Crippen LogP contribution in [0.2, 0.25) is 0 Å². The van der Waals surface area contributed by atoms with Gasteiger partial charge in [0.1, 0.15) is 0 Å². The van der Waals surface area contributed by atoms with Crippen molar-refractivity contribution in [1.82, 2.24) is 25.1 Å². The lowest BCUT2D eigenvalue weighted by Gasteiger charge is -2.20. The van der Waals surface area contributed by atoms with E-state index >= 15 is 0 Å². The van der Waals surface area contributed by atoms with Gasteiger partial charge >= 0.3 is 0 Å². The number of anilines is 1. The molecule has 0 bridgehead atoms. The van der Waals surface area contributed by atoms with Gasteiger partial charge in [-0.2, -0.15) is 5.10 Å². The van der Waals surface area contributed by atoms with E-state index in [4.69, 9.17) is 0 Å². The number of carbonyl (C=O) groups is 1. The maximum absolute atomic E-state index is 12.5. The summed E-state index contributed by atoms with van der Waals surface area (Å²) in [5.74, 6) is 1.03. The molecule has 1 aliphatic rings. The van der Waals surface area contributed by atoms with Crippen molar-refractivity contribution in [3.8, 4) is 5.82 Å². The van der Waals surface area contributed by atoms with Crippen LogP contribution in [-0.2, 0) is 0 Å². The summed E-state index contributed by atoms with van der Waals surface area (Å²) in [6.45, 7) is 6.00. The van der Waals surface area contributed by atoms with E-state index in [1.165, 1.54) is 4.88 Å². The standard InChI is InChI=1S/C19H22N6OS/c1-12-9-13(2)25(24-12)17-4-3-15(10-21-17)18(26)23-19-22-11-16(27-19)14-5-7-20-8-6-14/h3-4,9-11,14,20H,5-8H2,1-2H3,(H,22,23,26). The average Bonchev–Trinajstić information content (AvgIpc) is 3.28. The maximum atomic E-state index is 12.5. The predicted octanol–water partition coefficient (Wildman–Crippen LogP) is 3.06. The first-order chi connectivity index (χ1) is 13.1. The first-order valence-electron chi connectivity index (χ1n) is 9.07. The summed E-state index contributed by atoms with van der Waals surface area (Å²) in [5.41, 5.74) is 2.44. The Morgan fingerprint density at radius 2 is 2.04 bits per heavy atom. The Kier molecular flexibility index (Phi) is 5.00. The molecule has 1 saturated heterocycles. The molecule has 0 aliphatic carbocycles. The number of amides is 1. The molecule has 8 heteroatoms. The van der Waals surface area contributed by atoms with Gasteiger partial charge in [0, 0.05) is 23.0 Å². The molecule has 2 N–H and O–H groups in total. The molecule has 7 nitrogen and oxygen atoms in total. The number of nitrogens with zero attached hydrogens (tertiary/aromatic N) is 4. The number of rotatable bonds is 4. The fourth-order valence-corrected chi connectivity index (χ4v) is 4.30. The largest absolute Gasteiger partial charge is 0.317 e. The van der Waals surface area contributed by atoms with Crippen LogP contribution in [0.4, 0.5) is 5.13 Å². The van der Waals surface area contributed by atoms with Gasteiger partial charge in [-0.1, -0.05) is 0 Å². The Hall–Kier alpha value is -2.58. The number of thiazole rings is 1. The predicted molar refractivity (Wildman–Crippen MR) is 106 cm³/mol. The van der Waals surface area contributed by atoms with Crippen molar-refractivity contribution in [2.24, 2.45) is 0 Å². The van der Waals surface area contributed by atoms with Crippen molar-refractivity contribution >= 4 is 22.4 Å². The minimum absolute atomic E-state index is 0.200. The number of hydrogen-bond donors (Lipinski definition) is 2. The van der Waals surface area contributed by atoms with Gasteiger partial charge in [-0.3, -0.25) is 10.1 Å². The van der Waals surface area contributed by atoms with E-state index in [9.17, 15) is 4.79 Å². The Bertz CT molecular complexity index is 940. The van der Waals surface area contributed by atoms with Crippen LogP contribution in [0.3, 0.4) is 0 Å². The van der Waals surface area contributed by atoms with Crippen LogP contribution in [-0.4, -0.2) is 38.7 Å². The van der Waals surface area contributed by atoms with E-state index in [1.807, 2.05) is 26.1 Å². The summed E-state index contributed by atoms with van der Waals surface area (Å²) in [7, 11) is 0. The number of aromatic nitrogens is 4. The van der Waals surface area contributed by atoms with E-state index in [0.29, 0.717) is 22.4 Å².